The maximum absolute atomic E-state index is 13.9. The first kappa shape index (κ1) is 30.9. The molecular formula is C34H42N4O7. The van der Waals surface area contributed by atoms with Crippen molar-refractivity contribution in [2.24, 2.45) is 0 Å². The van der Waals surface area contributed by atoms with E-state index in [4.69, 9.17) is 14.2 Å². The summed E-state index contributed by atoms with van der Waals surface area (Å²) in [6, 6.07) is 13.9. The Bertz CT molecular complexity index is 1380. The van der Waals surface area contributed by atoms with Gasteiger partial charge in [-0.25, -0.2) is 0 Å². The quantitative estimate of drug-likeness (QED) is 0.548. The van der Waals surface area contributed by atoms with Crippen molar-refractivity contribution in [3.63, 3.8) is 0 Å². The van der Waals surface area contributed by atoms with Crippen LogP contribution in [0.1, 0.15) is 60.9 Å². The van der Waals surface area contributed by atoms with Crippen LogP contribution in [-0.4, -0.2) is 103 Å². The topological polar surface area (TPSA) is 118 Å². The molecular weight excluding hydrogens is 576 g/mol. The number of nitrogens with zero attached hydrogens (tertiary/aromatic N) is 3. The van der Waals surface area contributed by atoms with E-state index in [1.165, 1.54) is 0 Å². The van der Waals surface area contributed by atoms with Gasteiger partial charge >= 0.3 is 0 Å². The molecule has 3 saturated heterocycles. The smallest absolute Gasteiger partial charge is 0.254 e. The maximum Gasteiger partial charge on any atom is 0.254 e. The van der Waals surface area contributed by atoms with Crippen LogP contribution in [0.3, 0.4) is 0 Å². The molecule has 0 saturated carbocycles. The molecule has 0 aliphatic carbocycles. The van der Waals surface area contributed by atoms with Gasteiger partial charge in [0.15, 0.2) is 11.5 Å². The predicted octanol–water partition coefficient (Wildman–Crippen LogP) is 2.77. The molecule has 6 rings (SSSR count). The van der Waals surface area contributed by atoms with Crippen LogP contribution in [0.25, 0.3) is 0 Å². The van der Waals surface area contributed by atoms with E-state index in [-0.39, 0.29) is 43.0 Å². The van der Waals surface area contributed by atoms with Gasteiger partial charge in [-0.1, -0.05) is 24.3 Å². The number of nitrogens with one attached hydrogen (secondary N) is 1. The number of benzene rings is 2. The van der Waals surface area contributed by atoms with E-state index in [0.717, 1.165) is 24.2 Å². The summed E-state index contributed by atoms with van der Waals surface area (Å²) in [5, 5.41) is 3.02. The minimum absolute atomic E-state index is 0.0546. The van der Waals surface area contributed by atoms with Gasteiger partial charge < -0.3 is 34.2 Å². The Labute approximate surface area is 263 Å². The number of aryl methyl sites for hydroxylation is 1. The third-order valence-corrected chi connectivity index (χ3v) is 9.19. The van der Waals surface area contributed by atoms with E-state index >= 15 is 0 Å². The molecule has 240 valence electrons. The van der Waals surface area contributed by atoms with Crippen LogP contribution >= 0.6 is 0 Å². The highest BCUT2D eigenvalue weighted by Gasteiger charge is 2.45. The molecule has 11 nitrogen and oxygen atoms in total. The van der Waals surface area contributed by atoms with Gasteiger partial charge in [0.1, 0.15) is 12.1 Å². The van der Waals surface area contributed by atoms with E-state index in [1.54, 1.807) is 21.9 Å². The highest BCUT2D eigenvalue weighted by atomic mass is 16.7. The molecule has 2 aromatic carbocycles. The zero-order valence-corrected chi connectivity index (χ0v) is 25.7. The number of hydrogen-bond donors (Lipinski definition) is 1. The number of carbonyl (C=O) groups excluding carboxylic acids is 4. The van der Waals surface area contributed by atoms with Crippen molar-refractivity contribution >= 4 is 23.6 Å². The monoisotopic (exact) mass is 618 g/mol. The first-order valence-electron chi connectivity index (χ1n) is 16.2. The summed E-state index contributed by atoms with van der Waals surface area (Å²) in [5.74, 6) is 0.955. The van der Waals surface area contributed by atoms with E-state index in [1.807, 2.05) is 41.3 Å². The fraction of sp³-hybridized carbons (Fsp3) is 0.529. The molecule has 4 aliphatic heterocycles. The van der Waals surface area contributed by atoms with E-state index in [9.17, 15) is 19.2 Å². The fourth-order valence-electron chi connectivity index (χ4n) is 6.74. The summed E-state index contributed by atoms with van der Waals surface area (Å²) in [6.45, 7) is 2.95. The second-order valence-electron chi connectivity index (χ2n) is 12.2. The van der Waals surface area contributed by atoms with Crippen molar-refractivity contribution in [3.8, 4) is 11.5 Å². The lowest BCUT2D eigenvalue weighted by molar-refractivity contribution is -0.145. The van der Waals surface area contributed by atoms with E-state index in [0.29, 0.717) is 82.6 Å². The second kappa shape index (κ2) is 14.3. The van der Waals surface area contributed by atoms with Crippen LogP contribution in [0.5, 0.6) is 11.5 Å². The summed E-state index contributed by atoms with van der Waals surface area (Å²) >= 11 is 0. The number of hydrogen-bond acceptors (Lipinski definition) is 7. The lowest BCUT2D eigenvalue weighted by Crippen LogP contribution is -2.49. The number of ether oxygens (including phenoxy) is 3. The number of likely N-dealkylation sites (tertiary alicyclic amines) is 1. The Morgan fingerprint density at radius 2 is 1.71 bits per heavy atom. The van der Waals surface area contributed by atoms with Crippen LogP contribution in [0.15, 0.2) is 48.5 Å². The highest BCUT2D eigenvalue weighted by Crippen LogP contribution is 2.33. The van der Waals surface area contributed by atoms with Crippen LogP contribution in [0, 0.1) is 0 Å². The third kappa shape index (κ3) is 7.24. The molecule has 4 heterocycles. The molecule has 3 atom stereocenters. The molecule has 0 unspecified atom stereocenters. The minimum atomic E-state index is -0.657. The van der Waals surface area contributed by atoms with Gasteiger partial charge in [-0.2, -0.15) is 0 Å². The second-order valence-corrected chi connectivity index (χ2v) is 12.2. The third-order valence-electron chi connectivity index (χ3n) is 9.19. The molecule has 4 amide bonds. The largest absolute Gasteiger partial charge is 0.454 e. The van der Waals surface area contributed by atoms with Gasteiger partial charge in [-0.3, -0.25) is 19.2 Å². The lowest BCUT2D eigenvalue weighted by atomic mass is 10.1. The predicted molar refractivity (Wildman–Crippen MR) is 165 cm³/mol. The molecule has 4 aliphatic rings. The normalized spacial score (nSPS) is 23.9. The molecule has 3 fully saturated rings. The fourth-order valence-corrected chi connectivity index (χ4v) is 6.74. The van der Waals surface area contributed by atoms with Crippen molar-refractivity contribution in [2.45, 2.75) is 69.6 Å². The summed E-state index contributed by atoms with van der Waals surface area (Å²) in [7, 11) is 0. The SMILES string of the molecule is O=C1NCCCCN(C(=O)CCc2ccc3c(c2)OCO3)CCCN(C(=O)c2ccccc2)[C@H]2C[C@@H]1N(C(=O)[C@H]1CCCO1)C2. The number of amides is 4. The first-order chi connectivity index (χ1) is 22.0. The minimum Gasteiger partial charge on any atom is -0.454 e. The molecule has 11 heteroatoms. The standard InChI is InChI=1S/C34H42N4O7/c39-31(14-12-24-11-13-28-30(20-24)45-23-44-28)36-16-5-4-15-35-32(40)27-21-26(22-38(27)34(42)29-10-6-19-43-29)37(18-7-17-36)33(41)25-8-2-1-3-9-25/h1-3,8-9,11,13,20,26-27,29H,4-7,10,12,14-19,21-23H2,(H,35,40)/t26-,27-,29+/m0/s1. The van der Waals surface area contributed by atoms with Crippen LogP contribution in [0.2, 0.25) is 0 Å². The summed E-state index contributed by atoms with van der Waals surface area (Å²) in [6.07, 6.45) is 4.24. The van der Waals surface area contributed by atoms with Crippen molar-refractivity contribution in [1.29, 1.82) is 0 Å². The molecule has 1 N–H and O–H groups in total. The zero-order chi connectivity index (χ0) is 31.2. The maximum atomic E-state index is 13.9. The Morgan fingerprint density at radius 1 is 0.889 bits per heavy atom. The van der Waals surface area contributed by atoms with Crippen molar-refractivity contribution < 1.29 is 33.4 Å². The van der Waals surface area contributed by atoms with Crippen molar-refractivity contribution in [3.05, 3.63) is 59.7 Å². The van der Waals surface area contributed by atoms with Crippen molar-refractivity contribution in [1.82, 2.24) is 20.0 Å². The first-order valence-corrected chi connectivity index (χ1v) is 16.2. The van der Waals surface area contributed by atoms with Gasteiger partial charge in [0.05, 0.1) is 6.04 Å². The van der Waals surface area contributed by atoms with Gasteiger partial charge in [0.2, 0.25) is 18.6 Å². The summed E-state index contributed by atoms with van der Waals surface area (Å²) in [4.78, 5) is 59.7. The number of rotatable bonds is 5. The van der Waals surface area contributed by atoms with Crippen molar-refractivity contribution in [2.75, 3.05) is 46.1 Å². The van der Waals surface area contributed by atoms with Gasteiger partial charge in [-0.05, 0) is 74.8 Å². The average molecular weight is 619 g/mol. The summed E-state index contributed by atoms with van der Waals surface area (Å²) < 4.78 is 16.6. The Balaban J connectivity index is 1.17. The average Bonchev–Trinajstić information content (AvgIpc) is 3.85. The van der Waals surface area contributed by atoms with Gasteiger partial charge in [0.25, 0.3) is 11.8 Å². The molecule has 0 spiro atoms. The molecule has 2 aromatic rings. The molecule has 45 heavy (non-hydrogen) atoms. The number of fused-ring (bicyclic) bond motifs is 3. The van der Waals surface area contributed by atoms with Gasteiger partial charge in [0, 0.05) is 51.3 Å². The number of carbonyl (C=O) groups is 4. The lowest BCUT2D eigenvalue weighted by Gasteiger charge is -2.31. The molecule has 0 aromatic heterocycles. The van der Waals surface area contributed by atoms with Crippen LogP contribution in [-0.2, 0) is 25.5 Å². The van der Waals surface area contributed by atoms with E-state index in [2.05, 4.69) is 5.32 Å². The van der Waals surface area contributed by atoms with Crippen LogP contribution < -0.4 is 14.8 Å². The van der Waals surface area contributed by atoms with Crippen LogP contribution in [0.4, 0.5) is 0 Å². The molecule has 2 bridgehead atoms. The Kier molecular flexibility index (Phi) is 9.83. The summed E-state index contributed by atoms with van der Waals surface area (Å²) in [5.41, 5.74) is 1.56. The Morgan fingerprint density at radius 3 is 2.53 bits per heavy atom. The Hall–Kier alpha value is -4.12. The van der Waals surface area contributed by atoms with Gasteiger partial charge in [-0.15, -0.1) is 0 Å². The zero-order valence-electron chi connectivity index (χ0n) is 25.7. The highest BCUT2D eigenvalue weighted by molar-refractivity contribution is 5.95. The molecule has 0 radical (unpaired) electrons. The van der Waals surface area contributed by atoms with E-state index < -0.39 is 12.1 Å².